The fourth-order valence-corrected chi connectivity index (χ4v) is 4.82. The summed E-state index contributed by atoms with van der Waals surface area (Å²) in [5.74, 6) is 1.52. The largest absolute Gasteiger partial charge is 0.489 e. The molecule has 1 aromatic heterocycles. The van der Waals surface area contributed by atoms with Gasteiger partial charge in [0.1, 0.15) is 5.75 Å². The van der Waals surface area contributed by atoms with Gasteiger partial charge in [0.2, 0.25) is 5.91 Å². The third-order valence-corrected chi connectivity index (χ3v) is 7.30. The number of hydrogen-bond donors (Lipinski definition) is 1. The first kappa shape index (κ1) is 18.4. The molecule has 1 saturated heterocycles. The molecule has 3 heterocycles. The van der Waals surface area contributed by atoms with E-state index in [2.05, 4.69) is 45.3 Å². The fraction of sp³-hybridized carbons (Fsp3) is 0.583. The van der Waals surface area contributed by atoms with Crippen LogP contribution in [0.3, 0.4) is 0 Å². The number of ether oxygens (including phenoxy) is 1. The van der Waals surface area contributed by atoms with Crippen molar-refractivity contribution in [2.45, 2.75) is 70.1 Å². The standard InChI is InChI=1S/C24H30N4O2/c1-15-5-8-21-22(28(15)24(29)16-6-7-16)10-9-20(23(21)30-19-3-2-4-19)17-11-26-27(14-17)18-12-25-13-18/h9-11,14-16,18-19,25H,2-8,12-13H2,1H3. The first-order valence-electron chi connectivity index (χ1n) is 11.6. The van der Waals surface area contributed by atoms with Crippen molar-refractivity contribution in [2.24, 2.45) is 5.92 Å². The minimum absolute atomic E-state index is 0.225. The van der Waals surface area contributed by atoms with Gasteiger partial charge in [-0.25, -0.2) is 0 Å². The number of nitrogens with one attached hydrogen (secondary N) is 1. The van der Waals surface area contributed by atoms with Crippen molar-refractivity contribution in [3.63, 3.8) is 0 Å². The van der Waals surface area contributed by atoms with Gasteiger partial charge in [-0.15, -0.1) is 0 Å². The van der Waals surface area contributed by atoms with Crippen molar-refractivity contribution < 1.29 is 9.53 Å². The summed E-state index contributed by atoms with van der Waals surface area (Å²) in [5.41, 5.74) is 4.51. The molecular weight excluding hydrogens is 376 g/mol. The zero-order valence-corrected chi connectivity index (χ0v) is 17.6. The van der Waals surface area contributed by atoms with Crippen LogP contribution in [0.1, 0.15) is 57.1 Å². The number of nitrogens with zero attached hydrogens (tertiary/aromatic N) is 3. The van der Waals surface area contributed by atoms with Gasteiger partial charge in [0, 0.05) is 47.9 Å². The van der Waals surface area contributed by atoms with Gasteiger partial charge in [-0.3, -0.25) is 9.48 Å². The average Bonchev–Trinajstić information content (AvgIpc) is 3.42. The number of fused-ring (bicyclic) bond motifs is 1. The maximum atomic E-state index is 13.1. The summed E-state index contributed by atoms with van der Waals surface area (Å²) in [5, 5.41) is 7.94. The molecule has 158 valence electrons. The van der Waals surface area contributed by atoms with Gasteiger partial charge in [-0.1, -0.05) is 0 Å². The second-order valence-electron chi connectivity index (χ2n) is 9.50. The van der Waals surface area contributed by atoms with E-state index < -0.39 is 0 Å². The van der Waals surface area contributed by atoms with E-state index in [0.29, 0.717) is 18.1 Å². The second kappa shape index (κ2) is 7.12. The topological polar surface area (TPSA) is 59.4 Å². The minimum atomic E-state index is 0.225. The Hall–Kier alpha value is -2.34. The van der Waals surface area contributed by atoms with E-state index in [4.69, 9.17) is 4.74 Å². The molecular formula is C24H30N4O2. The molecule has 0 bridgehead atoms. The third-order valence-electron chi connectivity index (χ3n) is 7.30. The maximum absolute atomic E-state index is 13.1. The predicted octanol–water partition coefficient (Wildman–Crippen LogP) is 3.70. The van der Waals surface area contributed by atoms with Gasteiger partial charge >= 0.3 is 0 Å². The molecule has 0 spiro atoms. The summed E-state index contributed by atoms with van der Waals surface area (Å²) in [6.07, 6.45) is 11.9. The van der Waals surface area contributed by atoms with Gasteiger partial charge in [-0.05, 0) is 64.0 Å². The van der Waals surface area contributed by atoms with Crippen molar-refractivity contribution in [3.8, 4) is 16.9 Å². The molecule has 0 radical (unpaired) electrons. The summed E-state index contributed by atoms with van der Waals surface area (Å²) >= 11 is 0. The van der Waals surface area contributed by atoms with Crippen LogP contribution in [0.4, 0.5) is 5.69 Å². The van der Waals surface area contributed by atoms with Crippen LogP contribution in [-0.4, -0.2) is 40.9 Å². The number of aromatic nitrogens is 2. The zero-order valence-electron chi connectivity index (χ0n) is 17.6. The van der Waals surface area contributed by atoms with Crippen LogP contribution in [0, 0.1) is 5.92 Å². The number of benzene rings is 1. The molecule has 4 aliphatic rings. The molecule has 3 fully saturated rings. The third kappa shape index (κ3) is 3.04. The number of hydrogen-bond acceptors (Lipinski definition) is 4. The summed E-state index contributed by atoms with van der Waals surface area (Å²) in [6, 6.07) is 5.00. The molecule has 6 nitrogen and oxygen atoms in total. The lowest BCUT2D eigenvalue weighted by Gasteiger charge is -2.38. The van der Waals surface area contributed by atoms with Crippen LogP contribution in [0.15, 0.2) is 24.5 Å². The second-order valence-corrected chi connectivity index (χ2v) is 9.50. The fourth-order valence-electron chi connectivity index (χ4n) is 4.82. The number of amides is 1. The molecule has 2 aliphatic heterocycles. The van der Waals surface area contributed by atoms with Crippen LogP contribution >= 0.6 is 0 Å². The molecule has 1 amide bonds. The molecule has 6 heteroatoms. The number of carbonyl (C=O) groups is 1. The summed E-state index contributed by atoms with van der Waals surface area (Å²) in [6.45, 7) is 4.14. The monoisotopic (exact) mass is 406 g/mol. The Morgan fingerprint density at radius 3 is 2.67 bits per heavy atom. The molecule has 2 aromatic rings. The van der Waals surface area contributed by atoms with Gasteiger partial charge < -0.3 is 15.0 Å². The molecule has 1 aromatic carbocycles. The van der Waals surface area contributed by atoms with Gasteiger partial charge in [0.25, 0.3) is 0 Å². The Kier molecular flexibility index (Phi) is 4.37. The van der Waals surface area contributed by atoms with Gasteiger partial charge in [0.05, 0.1) is 24.0 Å². The molecule has 30 heavy (non-hydrogen) atoms. The first-order chi connectivity index (χ1) is 14.7. The highest BCUT2D eigenvalue weighted by atomic mass is 16.5. The molecule has 1 unspecified atom stereocenters. The zero-order chi connectivity index (χ0) is 20.2. The lowest BCUT2D eigenvalue weighted by atomic mass is 9.91. The van der Waals surface area contributed by atoms with Gasteiger partial charge in [-0.2, -0.15) is 5.10 Å². The maximum Gasteiger partial charge on any atom is 0.230 e. The molecule has 2 saturated carbocycles. The van der Waals surface area contributed by atoms with Crippen LogP contribution in [0.2, 0.25) is 0 Å². The normalized spacial score (nSPS) is 24.2. The number of anilines is 1. The van der Waals surface area contributed by atoms with E-state index in [1.54, 1.807) is 0 Å². The Bertz CT molecular complexity index is 972. The van der Waals surface area contributed by atoms with Crippen molar-refractivity contribution in [3.05, 3.63) is 30.1 Å². The highest BCUT2D eigenvalue weighted by Crippen LogP contribution is 2.46. The minimum Gasteiger partial charge on any atom is -0.489 e. The van der Waals surface area contributed by atoms with Crippen molar-refractivity contribution in [2.75, 3.05) is 18.0 Å². The van der Waals surface area contributed by atoms with Crippen LogP contribution in [0.25, 0.3) is 11.1 Å². The van der Waals surface area contributed by atoms with Crippen LogP contribution in [0.5, 0.6) is 5.75 Å². The Morgan fingerprint density at radius 1 is 1.17 bits per heavy atom. The predicted molar refractivity (Wildman–Crippen MR) is 116 cm³/mol. The van der Waals surface area contributed by atoms with E-state index in [0.717, 1.165) is 74.2 Å². The lowest BCUT2D eigenvalue weighted by molar-refractivity contribution is -0.120. The van der Waals surface area contributed by atoms with E-state index in [9.17, 15) is 4.79 Å². The quantitative estimate of drug-likeness (QED) is 0.823. The summed E-state index contributed by atoms with van der Waals surface area (Å²) in [7, 11) is 0. The SMILES string of the molecule is CC1CCc2c(ccc(-c3cnn(C4CNC4)c3)c2OC2CCC2)N1C(=O)C1CC1. The van der Waals surface area contributed by atoms with Crippen molar-refractivity contribution in [1.29, 1.82) is 0 Å². The molecule has 1 N–H and O–H groups in total. The Morgan fingerprint density at radius 2 is 2.00 bits per heavy atom. The first-order valence-corrected chi connectivity index (χ1v) is 11.6. The van der Waals surface area contributed by atoms with Crippen LogP contribution < -0.4 is 15.0 Å². The van der Waals surface area contributed by atoms with E-state index >= 15 is 0 Å². The smallest absolute Gasteiger partial charge is 0.230 e. The van der Waals surface area contributed by atoms with Crippen molar-refractivity contribution >= 4 is 11.6 Å². The number of carbonyl (C=O) groups excluding carboxylic acids is 1. The summed E-state index contributed by atoms with van der Waals surface area (Å²) < 4.78 is 8.67. The number of rotatable bonds is 5. The molecule has 2 aliphatic carbocycles. The molecule has 1 atom stereocenters. The highest BCUT2D eigenvalue weighted by Gasteiger charge is 2.39. The Labute approximate surface area is 177 Å². The van der Waals surface area contributed by atoms with Crippen molar-refractivity contribution in [1.82, 2.24) is 15.1 Å². The average molecular weight is 407 g/mol. The Balaban J connectivity index is 1.42. The highest BCUT2D eigenvalue weighted by molar-refractivity contribution is 5.99. The van der Waals surface area contributed by atoms with Gasteiger partial charge in [0.15, 0.2) is 0 Å². The summed E-state index contributed by atoms with van der Waals surface area (Å²) in [4.78, 5) is 15.1. The molecule has 6 rings (SSSR count). The lowest BCUT2D eigenvalue weighted by Crippen LogP contribution is -2.43. The van der Waals surface area contributed by atoms with E-state index in [-0.39, 0.29) is 12.0 Å². The van der Waals surface area contributed by atoms with E-state index in [1.807, 2.05) is 6.20 Å². The van der Waals surface area contributed by atoms with E-state index in [1.165, 1.54) is 12.0 Å². The van der Waals surface area contributed by atoms with Crippen LogP contribution in [-0.2, 0) is 11.2 Å².